The van der Waals surface area contributed by atoms with Crippen molar-refractivity contribution in [3.05, 3.63) is 115 Å². The van der Waals surface area contributed by atoms with Crippen LogP contribution < -0.4 is 30.7 Å². The fraction of sp³-hybridized carbons (Fsp3) is 0. The number of halogens is 1. The van der Waals surface area contributed by atoms with Crippen molar-refractivity contribution in [2.75, 3.05) is 0 Å². The summed E-state index contributed by atoms with van der Waals surface area (Å²) in [6, 6.07) is 26.4. The van der Waals surface area contributed by atoms with Crippen molar-refractivity contribution in [2.45, 2.75) is 0 Å². The summed E-state index contributed by atoms with van der Waals surface area (Å²) in [5, 5.41) is 18.6. The van der Waals surface area contributed by atoms with Crippen LogP contribution in [0.5, 0.6) is 23.0 Å². The van der Waals surface area contributed by atoms with Crippen LogP contribution in [0.4, 0.5) is 0 Å². The van der Waals surface area contributed by atoms with E-state index in [0.29, 0.717) is 22.6 Å². The first-order valence-corrected chi connectivity index (χ1v) is 12.0. The number of carbonyl (C=O) groups is 2. The molecule has 0 bridgehead atoms. The van der Waals surface area contributed by atoms with Gasteiger partial charge in [-0.1, -0.05) is 0 Å². The van der Waals surface area contributed by atoms with Crippen molar-refractivity contribution in [3.63, 3.8) is 0 Å². The summed E-state index contributed by atoms with van der Waals surface area (Å²) in [7, 11) is 0. The van der Waals surface area contributed by atoms with E-state index < -0.39 is 33.1 Å². The zero-order chi connectivity index (χ0) is 23.2. The fourth-order valence-corrected chi connectivity index (χ4v) is 4.94. The summed E-state index contributed by atoms with van der Waals surface area (Å²) in [6.45, 7) is 0. The van der Waals surface area contributed by atoms with Crippen LogP contribution in [0.15, 0.2) is 97.1 Å². The molecule has 0 saturated heterocycles. The molecule has 7 heteroatoms. The molecule has 0 radical (unpaired) electrons. The van der Waals surface area contributed by atoms with Crippen molar-refractivity contribution >= 4 is 11.9 Å². The second-order valence-electron chi connectivity index (χ2n) is 6.88. The number of phenolic OH excluding ortho intramolecular Hbond substituents is 2. The Morgan fingerprint density at radius 3 is 1.18 bits per heavy atom. The van der Waals surface area contributed by atoms with Crippen molar-refractivity contribution in [2.24, 2.45) is 0 Å². The number of carbonyl (C=O) groups excluding carboxylic acids is 2. The van der Waals surface area contributed by atoms with E-state index in [1.807, 2.05) is 24.3 Å². The highest BCUT2D eigenvalue weighted by Crippen LogP contribution is 2.16. The molecule has 0 aliphatic heterocycles. The van der Waals surface area contributed by atoms with Crippen molar-refractivity contribution < 1.29 is 50.5 Å². The zero-order valence-corrected chi connectivity index (χ0v) is 19.3. The highest BCUT2D eigenvalue weighted by atomic mass is 127. The molecule has 4 aromatic carbocycles. The van der Waals surface area contributed by atoms with Gasteiger partial charge in [-0.05, 0) is 97.1 Å². The second-order valence-corrected chi connectivity index (χ2v) is 9.91. The van der Waals surface area contributed by atoms with Crippen LogP contribution in [0.1, 0.15) is 20.7 Å². The molecule has 6 nitrogen and oxygen atoms in total. The van der Waals surface area contributed by atoms with E-state index in [9.17, 15) is 19.8 Å². The average molecular weight is 553 g/mol. The predicted molar refractivity (Wildman–Crippen MR) is 116 cm³/mol. The first kappa shape index (κ1) is 22.3. The molecule has 0 spiro atoms. The summed E-state index contributed by atoms with van der Waals surface area (Å²) in [4.78, 5) is 24.3. The number of hydrogen-bond acceptors (Lipinski definition) is 6. The third-order valence-corrected chi connectivity index (χ3v) is 7.16. The Morgan fingerprint density at radius 2 is 0.848 bits per heavy atom. The minimum Gasteiger partial charge on any atom is -0.508 e. The van der Waals surface area contributed by atoms with E-state index in [1.165, 1.54) is 48.5 Å². The van der Waals surface area contributed by atoms with Gasteiger partial charge >= 0.3 is 33.1 Å². The molecule has 0 aromatic heterocycles. The minimum absolute atomic E-state index is 0.0865. The van der Waals surface area contributed by atoms with Gasteiger partial charge in [0.1, 0.15) is 23.0 Å². The van der Waals surface area contributed by atoms with Gasteiger partial charge in [0.2, 0.25) is 0 Å². The number of aromatic hydroxyl groups is 2. The monoisotopic (exact) mass is 553 g/mol. The number of esters is 2. The Labute approximate surface area is 200 Å². The van der Waals surface area contributed by atoms with E-state index >= 15 is 0 Å². The van der Waals surface area contributed by atoms with E-state index in [-0.39, 0.29) is 11.5 Å². The average Bonchev–Trinajstić information content (AvgIpc) is 2.82. The van der Waals surface area contributed by atoms with Crippen LogP contribution in [0.25, 0.3) is 0 Å². The summed E-state index contributed by atoms with van der Waals surface area (Å²) < 4.78 is 13.0. The Kier molecular flexibility index (Phi) is 6.89. The fourth-order valence-electron chi connectivity index (χ4n) is 2.78. The first-order chi connectivity index (χ1) is 16.0. The van der Waals surface area contributed by atoms with Crippen molar-refractivity contribution in [1.29, 1.82) is 0 Å². The van der Waals surface area contributed by atoms with Gasteiger partial charge in [-0.3, -0.25) is 0 Å². The summed E-state index contributed by atoms with van der Waals surface area (Å²) in [6.07, 6.45) is 0. The molecule has 0 aliphatic carbocycles. The van der Waals surface area contributed by atoms with Gasteiger partial charge in [-0.15, -0.1) is 0 Å². The lowest BCUT2D eigenvalue weighted by Gasteiger charge is -2.04. The molecule has 0 saturated carbocycles. The third kappa shape index (κ3) is 6.11. The Bertz CT molecular complexity index is 1150. The molecule has 0 heterocycles. The maximum Gasteiger partial charge on any atom is 0.357 e. The number of hydrogen-bond donors (Lipinski definition) is 2. The molecule has 4 rings (SSSR count). The van der Waals surface area contributed by atoms with Crippen LogP contribution >= 0.6 is 0 Å². The quantitative estimate of drug-likeness (QED) is 0.215. The van der Waals surface area contributed by atoms with Crippen molar-refractivity contribution in [3.8, 4) is 23.0 Å². The van der Waals surface area contributed by atoms with Crippen LogP contribution in [-0.4, -0.2) is 22.2 Å². The van der Waals surface area contributed by atoms with Crippen LogP contribution in [0.2, 0.25) is 0 Å². The lowest BCUT2D eigenvalue weighted by atomic mass is 10.2. The minimum atomic E-state index is -0.491. The van der Waals surface area contributed by atoms with Gasteiger partial charge < -0.3 is 19.7 Å². The summed E-state index contributed by atoms with van der Waals surface area (Å²) in [5.74, 6) is 0.0751. The number of ether oxygens (including phenoxy) is 2. The molecule has 2 N–H and O–H groups in total. The smallest absolute Gasteiger partial charge is 0.357 e. The molecule has 4 aromatic rings. The molecule has 0 atom stereocenters. The number of rotatable bonds is 6. The van der Waals surface area contributed by atoms with E-state index in [0.717, 1.165) is 7.14 Å². The molecular formula is C26H18IO6+. The summed E-state index contributed by atoms with van der Waals surface area (Å²) >= 11 is -0.472. The first-order valence-electron chi connectivity index (χ1n) is 9.84. The van der Waals surface area contributed by atoms with Crippen LogP contribution in [0, 0.1) is 7.14 Å². The largest absolute Gasteiger partial charge is 0.508 e. The second kappa shape index (κ2) is 10.2. The SMILES string of the molecule is O=C(Oc1ccc([I+]c2ccc(OC(=O)c3ccc(O)cc3)cc2)cc1)c1ccc(O)cc1. The van der Waals surface area contributed by atoms with Gasteiger partial charge in [0.15, 0.2) is 7.14 Å². The highest BCUT2D eigenvalue weighted by Gasteiger charge is 2.17. The third-order valence-electron chi connectivity index (χ3n) is 4.47. The maximum atomic E-state index is 12.2. The van der Waals surface area contributed by atoms with Gasteiger partial charge in [-0.25, -0.2) is 9.59 Å². The van der Waals surface area contributed by atoms with E-state index in [2.05, 4.69) is 0 Å². The Morgan fingerprint density at radius 1 is 0.515 bits per heavy atom. The topological polar surface area (TPSA) is 93.1 Å². The summed E-state index contributed by atoms with van der Waals surface area (Å²) in [5.41, 5.74) is 0.714. The predicted octanol–water partition coefficient (Wildman–Crippen LogP) is 1.66. The highest BCUT2D eigenvalue weighted by molar-refractivity contribution is 5.91. The maximum absolute atomic E-state index is 12.2. The lowest BCUT2D eigenvalue weighted by Crippen LogP contribution is -3.61. The molecular weight excluding hydrogens is 535 g/mol. The molecule has 164 valence electrons. The van der Waals surface area contributed by atoms with E-state index in [1.54, 1.807) is 24.3 Å². The van der Waals surface area contributed by atoms with Gasteiger partial charge in [0, 0.05) is 0 Å². The molecule has 33 heavy (non-hydrogen) atoms. The molecule has 0 amide bonds. The van der Waals surface area contributed by atoms with Gasteiger partial charge in [0.25, 0.3) is 0 Å². The van der Waals surface area contributed by atoms with E-state index in [4.69, 9.17) is 9.47 Å². The number of phenols is 2. The van der Waals surface area contributed by atoms with Crippen molar-refractivity contribution in [1.82, 2.24) is 0 Å². The van der Waals surface area contributed by atoms with Crippen LogP contribution in [-0.2, 0) is 0 Å². The normalized spacial score (nSPS) is 10.4. The van der Waals surface area contributed by atoms with Crippen LogP contribution in [0.3, 0.4) is 0 Å². The van der Waals surface area contributed by atoms with Gasteiger partial charge in [0.05, 0.1) is 11.1 Å². The molecule has 0 aliphatic rings. The Hall–Kier alpha value is -3.85. The van der Waals surface area contributed by atoms with Gasteiger partial charge in [-0.2, -0.15) is 0 Å². The number of benzene rings is 4. The lowest BCUT2D eigenvalue weighted by molar-refractivity contribution is -0.597. The molecule has 0 fully saturated rings. The zero-order valence-electron chi connectivity index (χ0n) is 17.1. The standard InChI is InChI=1S/C26H17IO6/c28-21-9-1-17(2-10-21)25(30)32-23-13-5-19(6-14-23)27-20-7-15-24(16-8-20)33-26(31)18-3-11-22(29)12-4-18/h1-16H,(H-,28,29,30,31)/p+1. The Balaban J connectivity index is 1.33. The molecule has 0 unspecified atom stereocenters.